The molecule has 1 aliphatic heterocycles. The van der Waals surface area contributed by atoms with Crippen molar-refractivity contribution in [3.05, 3.63) is 11.7 Å². The van der Waals surface area contributed by atoms with Crippen LogP contribution < -0.4 is 5.32 Å². The molecule has 2 heterocycles. The van der Waals surface area contributed by atoms with Crippen LogP contribution in [0.5, 0.6) is 0 Å². The van der Waals surface area contributed by atoms with Gasteiger partial charge in [-0.15, -0.1) is 0 Å². The van der Waals surface area contributed by atoms with Gasteiger partial charge in [0, 0.05) is 44.3 Å². The van der Waals surface area contributed by atoms with Gasteiger partial charge in [-0.1, -0.05) is 25.9 Å². The number of aromatic nitrogens is 2. The first-order valence-corrected chi connectivity index (χ1v) is 8.24. The van der Waals surface area contributed by atoms with Gasteiger partial charge in [0.05, 0.1) is 0 Å². The van der Waals surface area contributed by atoms with E-state index in [1.807, 2.05) is 25.7 Å². The second-order valence-corrected chi connectivity index (χ2v) is 6.95. The van der Waals surface area contributed by atoms with E-state index in [-0.39, 0.29) is 17.2 Å². The van der Waals surface area contributed by atoms with Gasteiger partial charge in [0.25, 0.3) is 0 Å². The van der Waals surface area contributed by atoms with Gasteiger partial charge in [0.2, 0.25) is 17.7 Å². The highest BCUT2D eigenvalue weighted by molar-refractivity contribution is 5.78. The summed E-state index contributed by atoms with van der Waals surface area (Å²) in [7, 11) is 0. The maximum atomic E-state index is 11.8. The van der Waals surface area contributed by atoms with Crippen molar-refractivity contribution in [3.8, 4) is 0 Å². The minimum atomic E-state index is -0.156. The maximum absolute atomic E-state index is 11.8. The average Bonchev–Trinajstić information content (AvgIpc) is 3.10. The van der Waals surface area contributed by atoms with Crippen molar-refractivity contribution in [2.45, 2.75) is 58.3 Å². The molecular weight excluding hydrogens is 296 g/mol. The fourth-order valence-electron chi connectivity index (χ4n) is 2.41. The molecule has 1 saturated heterocycles. The maximum Gasteiger partial charge on any atom is 0.227 e. The van der Waals surface area contributed by atoms with E-state index in [2.05, 4.69) is 15.5 Å². The largest absolute Gasteiger partial charge is 0.356 e. The Morgan fingerprint density at radius 3 is 2.78 bits per heavy atom. The summed E-state index contributed by atoms with van der Waals surface area (Å²) >= 11 is 0. The zero-order chi connectivity index (χ0) is 16.9. The Bertz CT molecular complexity index is 548. The molecular formula is C16H26N4O3. The zero-order valence-electron chi connectivity index (χ0n) is 14.2. The summed E-state index contributed by atoms with van der Waals surface area (Å²) in [5.74, 6) is 1.34. The molecule has 1 aliphatic rings. The monoisotopic (exact) mass is 322 g/mol. The number of nitrogens with one attached hydrogen (secondary N) is 1. The van der Waals surface area contributed by atoms with E-state index in [4.69, 9.17) is 4.52 Å². The molecule has 0 atom stereocenters. The molecule has 0 radical (unpaired) electrons. The lowest BCUT2D eigenvalue weighted by Gasteiger charge is -2.15. The fourth-order valence-corrected chi connectivity index (χ4v) is 2.41. The van der Waals surface area contributed by atoms with Crippen LogP contribution in [-0.4, -0.2) is 46.5 Å². The van der Waals surface area contributed by atoms with Crippen LogP contribution in [0.1, 0.15) is 58.2 Å². The van der Waals surface area contributed by atoms with Crippen LogP contribution in [0.25, 0.3) is 0 Å². The summed E-state index contributed by atoms with van der Waals surface area (Å²) < 4.78 is 5.16. The highest BCUT2D eigenvalue weighted by Crippen LogP contribution is 2.18. The van der Waals surface area contributed by atoms with Crippen LogP contribution in [0.4, 0.5) is 0 Å². The SMILES string of the molecule is CC(C)(C)c1noc(CCC(=O)NCCCN2CCCC2=O)n1. The van der Waals surface area contributed by atoms with Gasteiger partial charge in [0.1, 0.15) is 0 Å². The zero-order valence-corrected chi connectivity index (χ0v) is 14.2. The summed E-state index contributed by atoms with van der Waals surface area (Å²) in [6.07, 6.45) is 3.17. The van der Waals surface area contributed by atoms with Gasteiger partial charge in [-0.25, -0.2) is 0 Å². The van der Waals surface area contributed by atoms with Crippen LogP contribution in [0.3, 0.4) is 0 Å². The molecule has 128 valence electrons. The number of nitrogens with zero attached hydrogens (tertiary/aromatic N) is 3. The molecule has 1 N–H and O–H groups in total. The number of carbonyl (C=O) groups is 2. The number of rotatable bonds is 7. The van der Waals surface area contributed by atoms with Gasteiger partial charge < -0.3 is 14.7 Å². The predicted molar refractivity (Wildman–Crippen MR) is 84.8 cm³/mol. The molecule has 1 aromatic heterocycles. The summed E-state index contributed by atoms with van der Waals surface area (Å²) in [6.45, 7) is 8.19. The van der Waals surface area contributed by atoms with Crippen LogP contribution >= 0.6 is 0 Å². The minimum absolute atomic E-state index is 0.0340. The highest BCUT2D eigenvalue weighted by atomic mass is 16.5. The second-order valence-electron chi connectivity index (χ2n) is 6.95. The van der Waals surface area contributed by atoms with Crippen LogP contribution in [0, 0.1) is 0 Å². The number of hydrogen-bond donors (Lipinski definition) is 1. The number of aryl methyl sites for hydroxylation is 1. The van der Waals surface area contributed by atoms with Crippen molar-refractivity contribution >= 4 is 11.8 Å². The first kappa shape index (κ1) is 17.4. The summed E-state index contributed by atoms with van der Waals surface area (Å²) in [5.41, 5.74) is -0.156. The lowest BCUT2D eigenvalue weighted by atomic mass is 9.96. The molecule has 0 saturated carbocycles. The molecule has 0 unspecified atom stereocenters. The Balaban J connectivity index is 1.61. The first-order chi connectivity index (χ1) is 10.9. The molecule has 7 heteroatoms. The number of carbonyl (C=O) groups excluding carboxylic acids is 2. The van der Waals surface area contributed by atoms with Gasteiger partial charge in [-0.2, -0.15) is 4.98 Å². The summed E-state index contributed by atoms with van der Waals surface area (Å²) in [4.78, 5) is 29.4. The van der Waals surface area contributed by atoms with E-state index in [1.54, 1.807) is 0 Å². The minimum Gasteiger partial charge on any atom is -0.356 e. The predicted octanol–water partition coefficient (Wildman–Crippen LogP) is 1.43. The van der Waals surface area contributed by atoms with Crippen LogP contribution in [-0.2, 0) is 21.4 Å². The topological polar surface area (TPSA) is 88.3 Å². The fraction of sp³-hybridized carbons (Fsp3) is 0.750. The Labute approximate surface area is 136 Å². The van der Waals surface area contributed by atoms with Crippen molar-refractivity contribution in [1.29, 1.82) is 0 Å². The second kappa shape index (κ2) is 7.57. The summed E-state index contributed by atoms with van der Waals surface area (Å²) in [6, 6.07) is 0. The highest BCUT2D eigenvalue weighted by Gasteiger charge is 2.21. The van der Waals surface area contributed by atoms with Crippen molar-refractivity contribution in [2.75, 3.05) is 19.6 Å². The van der Waals surface area contributed by atoms with E-state index in [0.717, 1.165) is 25.9 Å². The Morgan fingerprint density at radius 2 is 2.17 bits per heavy atom. The van der Waals surface area contributed by atoms with Gasteiger partial charge >= 0.3 is 0 Å². The number of hydrogen-bond acceptors (Lipinski definition) is 5. The lowest BCUT2D eigenvalue weighted by molar-refractivity contribution is -0.127. The van der Waals surface area contributed by atoms with E-state index < -0.39 is 0 Å². The van der Waals surface area contributed by atoms with E-state index >= 15 is 0 Å². The Hall–Kier alpha value is -1.92. The van der Waals surface area contributed by atoms with E-state index in [1.165, 1.54) is 0 Å². The molecule has 0 spiro atoms. The average molecular weight is 322 g/mol. The van der Waals surface area contributed by atoms with Crippen molar-refractivity contribution in [2.24, 2.45) is 0 Å². The quantitative estimate of drug-likeness (QED) is 0.767. The van der Waals surface area contributed by atoms with Crippen LogP contribution in [0.15, 0.2) is 4.52 Å². The molecule has 1 fully saturated rings. The van der Waals surface area contributed by atoms with Crippen molar-refractivity contribution in [1.82, 2.24) is 20.4 Å². The molecule has 7 nitrogen and oxygen atoms in total. The molecule has 0 aromatic carbocycles. The van der Waals surface area contributed by atoms with Crippen molar-refractivity contribution in [3.63, 3.8) is 0 Å². The molecule has 2 rings (SSSR count). The lowest BCUT2D eigenvalue weighted by Crippen LogP contribution is -2.30. The molecule has 23 heavy (non-hydrogen) atoms. The van der Waals surface area contributed by atoms with Gasteiger partial charge in [-0.05, 0) is 12.8 Å². The van der Waals surface area contributed by atoms with Crippen molar-refractivity contribution < 1.29 is 14.1 Å². The summed E-state index contributed by atoms with van der Waals surface area (Å²) in [5, 5.41) is 6.80. The van der Waals surface area contributed by atoms with Gasteiger partial charge in [-0.3, -0.25) is 9.59 Å². The first-order valence-electron chi connectivity index (χ1n) is 8.24. The Morgan fingerprint density at radius 1 is 1.39 bits per heavy atom. The Kier molecular flexibility index (Phi) is 5.74. The third-order valence-corrected chi connectivity index (χ3v) is 3.80. The third kappa shape index (κ3) is 5.33. The number of likely N-dealkylation sites (tertiary alicyclic amines) is 1. The standard InChI is InChI=1S/C16H26N4O3/c1-16(2,3)15-18-13(23-19-15)8-7-12(21)17-9-5-11-20-10-4-6-14(20)22/h4-11H2,1-3H3,(H,17,21). The van der Waals surface area contributed by atoms with E-state index in [0.29, 0.717) is 37.5 Å². The van der Waals surface area contributed by atoms with E-state index in [9.17, 15) is 9.59 Å². The smallest absolute Gasteiger partial charge is 0.227 e. The number of amides is 2. The normalized spacial score (nSPS) is 15.3. The third-order valence-electron chi connectivity index (χ3n) is 3.80. The molecule has 0 aliphatic carbocycles. The van der Waals surface area contributed by atoms with Gasteiger partial charge in [0.15, 0.2) is 5.82 Å². The molecule has 1 aromatic rings. The van der Waals surface area contributed by atoms with Crippen LogP contribution in [0.2, 0.25) is 0 Å². The molecule has 0 bridgehead atoms. The molecule has 2 amide bonds.